The van der Waals surface area contributed by atoms with Gasteiger partial charge in [0.05, 0.1) is 10.8 Å². The second-order valence-electron chi connectivity index (χ2n) is 5.80. The molecule has 1 aromatic heterocycles. The Hall–Kier alpha value is -0.920. The van der Waals surface area contributed by atoms with Crippen molar-refractivity contribution in [1.29, 1.82) is 0 Å². The van der Waals surface area contributed by atoms with Crippen molar-refractivity contribution in [2.75, 3.05) is 12.8 Å². The Morgan fingerprint density at radius 2 is 2.10 bits per heavy atom. The molecule has 1 saturated heterocycles. The summed E-state index contributed by atoms with van der Waals surface area (Å²) in [6, 6.07) is 3.58. The summed E-state index contributed by atoms with van der Waals surface area (Å²) in [6.45, 7) is 5.30. The minimum atomic E-state index is -3.24. The Balaban J connectivity index is 2.30. The van der Waals surface area contributed by atoms with Gasteiger partial charge in [0, 0.05) is 17.7 Å². The molecule has 1 aliphatic rings. The summed E-state index contributed by atoms with van der Waals surface area (Å²) in [6.07, 6.45) is 0.975. The van der Waals surface area contributed by atoms with E-state index in [2.05, 4.69) is 5.32 Å². The van der Waals surface area contributed by atoms with E-state index in [-0.39, 0.29) is 24.7 Å². The summed E-state index contributed by atoms with van der Waals surface area (Å²) >= 11 is 1.56. The molecule has 20 heavy (non-hydrogen) atoms. The van der Waals surface area contributed by atoms with Gasteiger partial charge in [0.15, 0.2) is 9.84 Å². The molecule has 0 aliphatic carbocycles. The van der Waals surface area contributed by atoms with Crippen LogP contribution in [-0.4, -0.2) is 42.8 Å². The van der Waals surface area contributed by atoms with Gasteiger partial charge in [-0.15, -0.1) is 11.3 Å². The number of carbonyl (C=O) groups is 1. The molecule has 7 heteroatoms. The van der Waals surface area contributed by atoms with Gasteiger partial charge < -0.3 is 4.90 Å². The van der Waals surface area contributed by atoms with Gasteiger partial charge in [-0.05, 0) is 32.2 Å². The van der Waals surface area contributed by atoms with Crippen LogP contribution in [0.3, 0.4) is 0 Å². The van der Waals surface area contributed by atoms with E-state index in [1.54, 1.807) is 37.0 Å². The molecule has 2 unspecified atom stereocenters. The predicted molar refractivity (Wildman–Crippen MR) is 80.3 cm³/mol. The van der Waals surface area contributed by atoms with Gasteiger partial charge in [0.1, 0.15) is 6.17 Å². The lowest BCUT2D eigenvalue weighted by Crippen LogP contribution is -2.46. The molecule has 1 N–H and O–H groups in total. The van der Waals surface area contributed by atoms with Crippen LogP contribution in [0.4, 0.5) is 0 Å². The summed E-state index contributed by atoms with van der Waals surface area (Å²) in [5.74, 6) is -0.0554. The number of nitrogens with one attached hydrogen (secondary N) is 1. The molecular weight excluding hydrogens is 296 g/mol. The SMILES string of the molecule is CC1NC(c2cccs2)N(CC(C)(C)S(C)(=O)=O)C1=O. The van der Waals surface area contributed by atoms with E-state index >= 15 is 0 Å². The normalized spacial score (nSPS) is 24.4. The van der Waals surface area contributed by atoms with E-state index in [1.807, 2.05) is 17.5 Å². The molecule has 1 aliphatic heterocycles. The maximum Gasteiger partial charge on any atom is 0.241 e. The average molecular weight is 316 g/mol. The fraction of sp³-hybridized carbons (Fsp3) is 0.615. The van der Waals surface area contributed by atoms with Crippen LogP contribution >= 0.6 is 11.3 Å². The van der Waals surface area contributed by atoms with Crippen molar-refractivity contribution in [3.8, 4) is 0 Å². The molecule has 2 atom stereocenters. The second-order valence-corrected chi connectivity index (χ2v) is 9.43. The molecule has 0 bridgehead atoms. The first kappa shape index (κ1) is 15.5. The minimum absolute atomic E-state index is 0.0554. The number of thiophene rings is 1. The Bertz CT molecular complexity index is 593. The molecule has 2 rings (SSSR count). The number of sulfone groups is 1. The Kier molecular flexibility index (Phi) is 3.96. The average Bonchev–Trinajstić information content (AvgIpc) is 2.91. The highest BCUT2D eigenvalue weighted by Gasteiger charge is 2.43. The van der Waals surface area contributed by atoms with Crippen molar-refractivity contribution in [1.82, 2.24) is 10.2 Å². The first-order valence-electron chi connectivity index (χ1n) is 6.43. The highest BCUT2D eigenvalue weighted by Crippen LogP contribution is 2.31. The van der Waals surface area contributed by atoms with E-state index < -0.39 is 14.6 Å². The first-order valence-corrected chi connectivity index (χ1v) is 9.20. The topological polar surface area (TPSA) is 66.5 Å². The van der Waals surface area contributed by atoms with Crippen molar-refractivity contribution in [2.24, 2.45) is 0 Å². The second kappa shape index (κ2) is 5.13. The molecular formula is C13H20N2O3S2. The largest absolute Gasteiger partial charge is 0.319 e. The van der Waals surface area contributed by atoms with Crippen molar-refractivity contribution >= 4 is 27.1 Å². The summed E-state index contributed by atoms with van der Waals surface area (Å²) in [5.41, 5.74) is 0. The van der Waals surface area contributed by atoms with Crippen molar-refractivity contribution in [3.63, 3.8) is 0 Å². The van der Waals surface area contributed by atoms with Gasteiger partial charge in [-0.1, -0.05) is 6.07 Å². The third-order valence-corrected chi connectivity index (χ3v) is 6.80. The van der Waals surface area contributed by atoms with Gasteiger partial charge in [-0.2, -0.15) is 0 Å². The number of rotatable bonds is 4. The van der Waals surface area contributed by atoms with Gasteiger partial charge in [0.2, 0.25) is 5.91 Å². The lowest BCUT2D eigenvalue weighted by Gasteiger charge is -2.31. The standard InChI is InChI=1S/C13H20N2O3S2/c1-9-12(16)15(8-13(2,3)20(4,17)18)11(14-9)10-6-5-7-19-10/h5-7,9,11,14H,8H2,1-4H3. The molecule has 112 valence electrons. The van der Waals surface area contributed by atoms with Crippen LogP contribution in [0.25, 0.3) is 0 Å². The number of nitrogens with zero attached hydrogens (tertiary/aromatic N) is 1. The van der Waals surface area contributed by atoms with Gasteiger partial charge in [-0.25, -0.2) is 8.42 Å². The van der Waals surface area contributed by atoms with Gasteiger partial charge in [-0.3, -0.25) is 10.1 Å². The third kappa shape index (κ3) is 2.75. The van der Waals surface area contributed by atoms with E-state index in [9.17, 15) is 13.2 Å². The molecule has 1 aromatic rings. The zero-order valence-electron chi connectivity index (χ0n) is 12.1. The molecule has 1 fully saturated rings. The third-order valence-electron chi connectivity index (χ3n) is 3.74. The summed E-state index contributed by atoms with van der Waals surface area (Å²) in [5, 5.41) is 5.17. The summed E-state index contributed by atoms with van der Waals surface area (Å²) < 4.78 is 22.8. The minimum Gasteiger partial charge on any atom is -0.319 e. The van der Waals surface area contributed by atoms with E-state index in [0.717, 1.165) is 4.88 Å². The molecule has 1 amide bonds. The monoisotopic (exact) mass is 316 g/mol. The van der Waals surface area contributed by atoms with Crippen LogP contribution in [-0.2, 0) is 14.6 Å². The molecule has 0 radical (unpaired) electrons. The molecule has 0 saturated carbocycles. The van der Waals surface area contributed by atoms with E-state index in [4.69, 9.17) is 0 Å². The van der Waals surface area contributed by atoms with Crippen LogP contribution in [0.5, 0.6) is 0 Å². The number of amides is 1. The maximum atomic E-state index is 12.3. The Labute approximate surface area is 123 Å². The van der Waals surface area contributed by atoms with Crippen molar-refractivity contribution in [2.45, 2.75) is 37.7 Å². The molecule has 0 aromatic carbocycles. The van der Waals surface area contributed by atoms with Crippen LogP contribution < -0.4 is 5.32 Å². The fourth-order valence-corrected chi connectivity index (χ4v) is 3.32. The lowest BCUT2D eigenvalue weighted by molar-refractivity contribution is -0.130. The van der Waals surface area contributed by atoms with Gasteiger partial charge >= 0.3 is 0 Å². The zero-order chi connectivity index (χ0) is 15.1. The summed E-state index contributed by atoms with van der Waals surface area (Å²) in [7, 11) is -3.24. The molecule has 5 nitrogen and oxygen atoms in total. The fourth-order valence-electron chi connectivity index (χ4n) is 2.15. The quantitative estimate of drug-likeness (QED) is 0.911. The van der Waals surface area contributed by atoms with Crippen molar-refractivity contribution in [3.05, 3.63) is 22.4 Å². The number of hydrogen-bond acceptors (Lipinski definition) is 5. The highest BCUT2D eigenvalue weighted by atomic mass is 32.2. The lowest BCUT2D eigenvalue weighted by atomic mass is 10.2. The van der Waals surface area contributed by atoms with E-state index in [0.29, 0.717) is 0 Å². The zero-order valence-corrected chi connectivity index (χ0v) is 13.7. The van der Waals surface area contributed by atoms with Gasteiger partial charge in [0.25, 0.3) is 0 Å². The predicted octanol–water partition coefficient (Wildman–Crippen LogP) is 1.39. The Morgan fingerprint density at radius 3 is 2.60 bits per heavy atom. The Morgan fingerprint density at radius 1 is 1.45 bits per heavy atom. The van der Waals surface area contributed by atoms with Crippen LogP contribution in [0.1, 0.15) is 31.8 Å². The number of carbonyl (C=O) groups excluding carboxylic acids is 1. The number of hydrogen-bond donors (Lipinski definition) is 1. The molecule has 2 heterocycles. The highest BCUT2D eigenvalue weighted by molar-refractivity contribution is 7.92. The van der Waals surface area contributed by atoms with Crippen LogP contribution in [0, 0.1) is 0 Å². The molecule has 0 spiro atoms. The van der Waals surface area contributed by atoms with Crippen LogP contribution in [0.2, 0.25) is 0 Å². The van der Waals surface area contributed by atoms with E-state index in [1.165, 1.54) is 6.26 Å². The van der Waals surface area contributed by atoms with Crippen molar-refractivity contribution < 1.29 is 13.2 Å². The smallest absolute Gasteiger partial charge is 0.241 e. The summed E-state index contributed by atoms with van der Waals surface area (Å²) in [4.78, 5) is 14.9. The maximum absolute atomic E-state index is 12.3. The first-order chi connectivity index (χ1) is 9.13. The van der Waals surface area contributed by atoms with Crippen LogP contribution in [0.15, 0.2) is 17.5 Å².